The third-order valence-corrected chi connectivity index (χ3v) is 4.52. The van der Waals surface area contributed by atoms with E-state index in [2.05, 4.69) is 11.4 Å². The number of aryl methyl sites for hydroxylation is 2. The number of hydrogen-bond acceptors (Lipinski definition) is 4. The molecule has 0 aromatic heterocycles. The van der Waals surface area contributed by atoms with Crippen molar-refractivity contribution in [3.8, 4) is 5.75 Å². The zero-order valence-electron chi connectivity index (χ0n) is 16.5. The molecule has 28 heavy (non-hydrogen) atoms. The number of rotatable bonds is 7. The molecule has 2 aromatic rings. The van der Waals surface area contributed by atoms with Gasteiger partial charge in [0.25, 0.3) is 0 Å². The van der Waals surface area contributed by atoms with Crippen molar-refractivity contribution in [3.05, 3.63) is 59.2 Å². The average Bonchev–Trinajstić information content (AvgIpc) is 3.02. The number of hydrogen-bond donors (Lipinski definition) is 1. The van der Waals surface area contributed by atoms with Gasteiger partial charge in [-0.05, 0) is 61.7 Å². The maximum absolute atomic E-state index is 12.2. The van der Waals surface area contributed by atoms with Crippen LogP contribution >= 0.6 is 0 Å². The fourth-order valence-corrected chi connectivity index (χ4v) is 3.29. The highest BCUT2D eigenvalue weighted by Crippen LogP contribution is 2.24. The molecule has 1 aliphatic rings. The number of anilines is 1. The Morgan fingerprint density at radius 1 is 1.18 bits per heavy atom. The monoisotopic (exact) mass is 382 g/mol. The van der Waals surface area contributed by atoms with E-state index < -0.39 is 0 Å². The summed E-state index contributed by atoms with van der Waals surface area (Å²) in [5, 5.41) is 2.85. The summed E-state index contributed by atoms with van der Waals surface area (Å²) in [4.78, 5) is 26.0. The van der Waals surface area contributed by atoms with Gasteiger partial charge in [0.1, 0.15) is 11.9 Å². The molecule has 6 heteroatoms. The van der Waals surface area contributed by atoms with E-state index in [1.165, 1.54) is 0 Å². The molecular weight excluding hydrogens is 356 g/mol. The van der Waals surface area contributed by atoms with Gasteiger partial charge in [0, 0.05) is 5.69 Å². The molecule has 1 unspecified atom stereocenters. The smallest absolute Gasteiger partial charge is 0.414 e. The fourth-order valence-electron chi connectivity index (χ4n) is 3.29. The van der Waals surface area contributed by atoms with Gasteiger partial charge < -0.3 is 14.8 Å². The Bertz CT molecular complexity index is 828. The zero-order chi connectivity index (χ0) is 20.1. The van der Waals surface area contributed by atoms with Crippen LogP contribution in [0.15, 0.2) is 42.5 Å². The summed E-state index contributed by atoms with van der Waals surface area (Å²) in [5.74, 6) is 0.682. The molecule has 1 fully saturated rings. The SMILES string of the molecule is CCOc1ccc(CC(=O)NCC2CN(c3cc(C)cc(C)c3)C(=O)O2)cc1. The van der Waals surface area contributed by atoms with E-state index in [1.54, 1.807) is 4.90 Å². The van der Waals surface area contributed by atoms with E-state index in [1.807, 2.05) is 57.2 Å². The number of ether oxygens (including phenoxy) is 2. The largest absolute Gasteiger partial charge is 0.494 e. The van der Waals surface area contributed by atoms with Crippen LogP contribution in [-0.4, -0.2) is 37.8 Å². The summed E-state index contributed by atoms with van der Waals surface area (Å²) in [7, 11) is 0. The van der Waals surface area contributed by atoms with Crippen LogP contribution in [0.3, 0.4) is 0 Å². The number of cyclic esters (lactones) is 1. The first-order valence-electron chi connectivity index (χ1n) is 9.49. The molecule has 0 bridgehead atoms. The maximum atomic E-state index is 12.2. The Morgan fingerprint density at radius 2 is 1.86 bits per heavy atom. The fraction of sp³-hybridized carbons (Fsp3) is 0.364. The van der Waals surface area contributed by atoms with Crippen molar-refractivity contribution < 1.29 is 19.1 Å². The lowest BCUT2D eigenvalue weighted by molar-refractivity contribution is -0.120. The minimum atomic E-state index is -0.379. The molecule has 148 valence electrons. The van der Waals surface area contributed by atoms with Gasteiger partial charge in [0.15, 0.2) is 0 Å². The van der Waals surface area contributed by atoms with Crippen LogP contribution in [0.2, 0.25) is 0 Å². The van der Waals surface area contributed by atoms with Crippen molar-refractivity contribution in [2.75, 3.05) is 24.6 Å². The van der Waals surface area contributed by atoms with E-state index >= 15 is 0 Å². The van der Waals surface area contributed by atoms with E-state index in [0.29, 0.717) is 19.7 Å². The molecule has 1 atom stereocenters. The summed E-state index contributed by atoms with van der Waals surface area (Å²) < 4.78 is 10.8. The Morgan fingerprint density at radius 3 is 2.50 bits per heavy atom. The first-order valence-corrected chi connectivity index (χ1v) is 9.49. The van der Waals surface area contributed by atoms with E-state index in [4.69, 9.17) is 9.47 Å². The molecule has 3 rings (SSSR count). The maximum Gasteiger partial charge on any atom is 0.414 e. The highest BCUT2D eigenvalue weighted by molar-refractivity contribution is 5.90. The third-order valence-electron chi connectivity index (χ3n) is 4.52. The second kappa shape index (κ2) is 8.78. The molecule has 1 heterocycles. The first kappa shape index (κ1) is 19.7. The van der Waals surface area contributed by atoms with Crippen LogP contribution in [0.1, 0.15) is 23.6 Å². The van der Waals surface area contributed by atoms with E-state index in [-0.39, 0.29) is 24.5 Å². The van der Waals surface area contributed by atoms with Gasteiger partial charge in [0.2, 0.25) is 5.91 Å². The lowest BCUT2D eigenvalue weighted by Gasteiger charge is -2.15. The predicted octanol–water partition coefficient (Wildman–Crippen LogP) is 3.39. The summed E-state index contributed by atoms with van der Waals surface area (Å²) in [6.07, 6.45) is -0.471. The van der Waals surface area contributed by atoms with Crippen molar-refractivity contribution in [1.82, 2.24) is 5.32 Å². The van der Waals surface area contributed by atoms with Crippen LogP contribution in [-0.2, 0) is 16.0 Å². The average molecular weight is 382 g/mol. The number of nitrogens with one attached hydrogen (secondary N) is 1. The Labute approximate surface area is 165 Å². The molecule has 2 aromatic carbocycles. The third kappa shape index (κ3) is 5.03. The highest BCUT2D eigenvalue weighted by atomic mass is 16.6. The Kier molecular flexibility index (Phi) is 6.19. The summed E-state index contributed by atoms with van der Waals surface area (Å²) in [6, 6.07) is 13.4. The van der Waals surface area contributed by atoms with Gasteiger partial charge in [-0.3, -0.25) is 9.69 Å². The van der Waals surface area contributed by atoms with Gasteiger partial charge >= 0.3 is 6.09 Å². The minimum absolute atomic E-state index is 0.106. The molecule has 6 nitrogen and oxygen atoms in total. The molecule has 2 amide bonds. The van der Waals surface area contributed by atoms with Crippen molar-refractivity contribution in [1.29, 1.82) is 0 Å². The van der Waals surface area contributed by atoms with E-state index in [9.17, 15) is 9.59 Å². The normalized spacial score (nSPS) is 16.0. The topological polar surface area (TPSA) is 67.9 Å². The van der Waals surface area contributed by atoms with Gasteiger partial charge in [-0.1, -0.05) is 18.2 Å². The van der Waals surface area contributed by atoms with Crippen molar-refractivity contribution >= 4 is 17.7 Å². The standard InChI is InChI=1S/C22H26N2O4/c1-4-27-19-7-5-17(6-8-19)12-21(25)23-13-20-14-24(22(26)28-20)18-10-15(2)9-16(3)11-18/h5-11,20H,4,12-14H2,1-3H3,(H,23,25). The van der Waals surface area contributed by atoms with Gasteiger partial charge in [0.05, 0.1) is 26.1 Å². The highest BCUT2D eigenvalue weighted by Gasteiger charge is 2.32. The lowest BCUT2D eigenvalue weighted by atomic mass is 10.1. The van der Waals surface area contributed by atoms with Crippen molar-refractivity contribution in [2.24, 2.45) is 0 Å². The number of carbonyl (C=O) groups excluding carboxylic acids is 2. The number of nitrogens with zero attached hydrogens (tertiary/aromatic N) is 1. The first-order chi connectivity index (χ1) is 13.4. The summed E-state index contributed by atoms with van der Waals surface area (Å²) in [5.41, 5.74) is 3.91. The molecule has 0 spiro atoms. The minimum Gasteiger partial charge on any atom is -0.494 e. The number of benzene rings is 2. The van der Waals surface area contributed by atoms with Gasteiger partial charge in [-0.2, -0.15) is 0 Å². The second-order valence-corrected chi connectivity index (χ2v) is 7.02. The predicted molar refractivity (Wildman–Crippen MR) is 108 cm³/mol. The van der Waals surface area contributed by atoms with E-state index in [0.717, 1.165) is 28.1 Å². The molecule has 1 aliphatic heterocycles. The van der Waals surface area contributed by atoms with Crippen molar-refractivity contribution in [3.63, 3.8) is 0 Å². The van der Waals surface area contributed by atoms with Crippen LogP contribution in [0.5, 0.6) is 5.75 Å². The zero-order valence-corrected chi connectivity index (χ0v) is 16.5. The summed E-state index contributed by atoms with van der Waals surface area (Å²) in [6.45, 7) is 7.25. The molecule has 0 saturated carbocycles. The van der Waals surface area contributed by atoms with Crippen LogP contribution in [0, 0.1) is 13.8 Å². The molecule has 1 saturated heterocycles. The lowest BCUT2D eigenvalue weighted by Crippen LogP contribution is -2.35. The van der Waals surface area contributed by atoms with Gasteiger partial charge in [-0.15, -0.1) is 0 Å². The van der Waals surface area contributed by atoms with Crippen LogP contribution in [0.25, 0.3) is 0 Å². The van der Waals surface area contributed by atoms with Gasteiger partial charge in [-0.25, -0.2) is 4.79 Å². The quantitative estimate of drug-likeness (QED) is 0.797. The van der Waals surface area contributed by atoms with Crippen LogP contribution in [0.4, 0.5) is 10.5 Å². The number of carbonyl (C=O) groups is 2. The molecule has 0 radical (unpaired) electrons. The molecular formula is C22H26N2O4. The molecule has 0 aliphatic carbocycles. The van der Waals surface area contributed by atoms with Crippen molar-refractivity contribution in [2.45, 2.75) is 33.3 Å². The Balaban J connectivity index is 1.51. The summed E-state index contributed by atoms with van der Waals surface area (Å²) >= 11 is 0. The second-order valence-electron chi connectivity index (χ2n) is 7.02. The molecule has 1 N–H and O–H groups in total. The number of amides is 2. The Hall–Kier alpha value is -3.02. The van der Waals surface area contributed by atoms with Crippen LogP contribution < -0.4 is 15.0 Å².